The zero-order valence-corrected chi connectivity index (χ0v) is 12.9. The van der Waals surface area contributed by atoms with Crippen molar-refractivity contribution in [1.82, 2.24) is 4.98 Å². The summed E-state index contributed by atoms with van der Waals surface area (Å²) in [5.41, 5.74) is 0.661. The van der Waals surface area contributed by atoms with Crippen molar-refractivity contribution in [3.63, 3.8) is 0 Å². The average Bonchev–Trinajstić information content (AvgIpc) is 2.42. The van der Waals surface area contributed by atoms with Gasteiger partial charge in [0.1, 0.15) is 6.61 Å². The van der Waals surface area contributed by atoms with Gasteiger partial charge in [-0.05, 0) is 38.3 Å². The van der Waals surface area contributed by atoms with E-state index in [9.17, 15) is 0 Å². The van der Waals surface area contributed by atoms with Crippen molar-refractivity contribution in [1.29, 1.82) is 0 Å². The van der Waals surface area contributed by atoms with Gasteiger partial charge in [-0.25, -0.2) is 4.98 Å². The summed E-state index contributed by atoms with van der Waals surface area (Å²) in [6, 6.07) is 9.99. The van der Waals surface area contributed by atoms with Gasteiger partial charge in [-0.3, -0.25) is 0 Å². The van der Waals surface area contributed by atoms with Gasteiger partial charge in [-0.1, -0.05) is 18.2 Å². The summed E-state index contributed by atoms with van der Waals surface area (Å²) in [6.07, 6.45) is 0. The summed E-state index contributed by atoms with van der Waals surface area (Å²) in [5.74, 6) is 0.996. The number of fused-ring (bicyclic) bond motifs is 1. The predicted octanol–water partition coefficient (Wildman–Crippen LogP) is 4.17. The van der Waals surface area contributed by atoms with Crippen molar-refractivity contribution in [2.45, 2.75) is 32.3 Å². The van der Waals surface area contributed by atoms with E-state index in [-0.39, 0.29) is 5.60 Å². The van der Waals surface area contributed by atoms with Crippen LogP contribution in [0.15, 0.2) is 30.3 Å². The fourth-order valence-corrected chi connectivity index (χ4v) is 2.02. The molecule has 0 amide bonds. The Hall–Kier alpha value is -1.32. The van der Waals surface area contributed by atoms with Crippen molar-refractivity contribution < 1.29 is 9.47 Å². The van der Waals surface area contributed by atoms with Gasteiger partial charge in [0, 0.05) is 5.39 Å². The molecular formula is C16H20ClNO2. The highest BCUT2D eigenvalue weighted by molar-refractivity contribution is 6.17. The van der Waals surface area contributed by atoms with E-state index in [1.54, 1.807) is 0 Å². The molecule has 20 heavy (non-hydrogen) atoms. The highest BCUT2D eigenvalue weighted by Crippen LogP contribution is 2.25. The van der Waals surface area contributed by atoms with E-state index >= 15 is 0 Å². The number of pyridine rings is 1. The van der Waals surface area contributed by atoms with E-state index in [0.29, 0.717) is 25.0 Å². The minimum absolute atomic E-state index is 0.156. The van der Waals surface area contributed by atoms with Gasteiger partial charge in [0.2, 0.25) is 5.88 Å². The highest BCUT2D eigenvalue weighted by atomic mass is 35.5. The minimum Gasteiger partial charge on any atom is -0.475 e. The first kappa shape index (κ1) is 15.1. The maximum absolute atomic E-state index is 5.88. The SMILES string of the molecule is CC(C)(C)OCCOc1nc(CCl)cc2ccccc12. The summed E-state index contributed by atoms with van der Waals surface area (Å²) in [6.45, 7) is 7.07. The van der Waals surface area contributed by atoms with Crippen LogP contribution < -0.4 is 4.74 Å². The van der Waals surface area contributed by atoms with Gasteiger partial charge >= 0.3 is 0 Å². The van der Waals surface area contributed by atoms with Crippen LogP contribution in [0.1, 0.15) is 26.5 Å². The van der Waals surface area contributed by atoms with Gasteiger partial charge in [0.15, 0.2) is 0 Å². The summed E-state index contributed by atoms with van der Waals surface area (Å²) >= 11 is 5.88. The second-order valence-electron chi connectivity index (χ2n) is 5.58. The zero-order valence-electron chi connectivity index (χ0n) is 12.1. The van der Waals surface area contributed by atoms with Crippen molar-refractivity contribution in [2.75, 3.05) is 13.2 Å². The van der Waals surface area contributed by atoms with Crippen LogP contribution in [0, 0.1) is 0 Å². The Morgan fingerprint density at radius 3 is 2.60 bits per heavy atom. The Morgan fingerprint density at radius 1 is 1.15 bits per heavy atom. The fourth-order valence-electron chi connectivity index (χ4n) is 1.88. The van der Waals surface area contributed by atoms with Crippen molar-refractivity contribution in [3.8, 4) is 5.88 Å². The van der Waals surface area contributed by atoms with Crippen molar-refractivity contribution >= 4 is 22.4 Å². The van der Waals surface area contributed by atoms with Crippen LogP contribution in [0.4, 0.5) is 0 Å². The largest absolute Gasteiger partial charge is 0.475 e. The number of aromatic nitrogens is 1. The normalized spacial score (nSPS) is 11.8. The molecule has 0 saturated heterocycles. The Labute approximate surface area is 124 Å². The lowest BCUT2D eigenvalue weighted by Gasteiger charge is -2.19. The molecule has 0 spiro atoms. The quantitative estimate of drug-likeness (QED) is 0.612. The molecule has 0 aliphatic rings. The lowest BCUT2D eigenvalue weighted by molar-refractivity contribution is -0.0166. The molecule has 0 aliphatic heterocycles. The fraction of sp³-hybridized carbons (Fsp3) is 0.438. The monoisotopic (exact) mass is 293 g/mol. The maximum Gasteiger partial charge on any atom is 0.221 e. The summed E-state index contributed by atoms with van der Waals surface area (Å²) in [5, 5.41) is 2.09. The van der Waals surface area contributed by atoms with Gasteiger partial charge < -0.3 is 9.47 Å². The van der Waals surface area contributed by atoms with Crippen LogP contribution in [0.2, 0.25) is 0 Å². The topological polar surface area (TPSA) is 31.4 Å². The number of ether oxygens (including phenoxy) is 2. The van der Waals surface area contributed by atoms with Crippen molar-refractivity contribution in [2.24, 2.45) is 0 Å². The molecule has 0 N–H and O–H groups in total. The van der Waals surface area contributed by atoms with E-state index < -0.39 is 0 Å². The summed E-state index contributed by atoms with van der Waals surface area (Å²) < 4.78 is 11.4. The third-order valence-electron chi connectivity index (χ3n) is 2.75. The van der Waals surface area contributed by atoms with E-state index in [1.807, 2.05) is 51.1 Å². The first-order valence-electron chi connectivity index (χ1n) is 6.71. The smallest absolute Gasteiger partial charge is 0.221 e. The van der Waals surface area contributed by atoms with Crippen LogP contribution in [0.5, 0.6) is 5.88 Å². The number of hydrogen-bond acceptors (Lipinski definition) is 3. The average molecular weight is 294 g/mol. The second kappa shape index (κ2) is 6.42. The van der Waals surface area contributed by atoms with Gasteiger partial charge in [-0.15, -0.1) is 11.6 Å². The lowest BCUT2D eigenvalue weighted by Crippen LogP contribution is -2.22. The molecule has 1 aromatic carbocycles. The molecular weight excluding hydrogens is 274 g/mol. The molecule has 0 atom stereocenters. The van der Waals surface area contributed by atoms with Crippen LogP contribution >= 0.6 is 11.6 Å². The molecule has 108 valence electrons. The molecule has 1 heterocycles. The molecule has 0 radical (unpaired) electrons. The van der Waals surface area contributed by atoms with Crippen LogP contribution in [0.25, 0.3) is 10.8 Å². The zero-order chi connectivity index (χ0) is 14.6. The molecule has 2 rings (SSSR count). The summed E-state index contributed by atoms with van der Waals surface area (Å²) in [7, 11) is 0. The van der Waals surface area contributed by atoms with E-state index in [1.165, 1.54) is 0 Å². The molecule has 0 saturated carbocycles. The van der Waals surface area contributed by atoms with E-state index in [0.717, 1.165) is 16.5 Å². The van der Waals surface area contributed by atoms with Crippen molar-refractivity contribution in [3.05, 3.63) is 36.0 Å². The van der Waals surface area contributed by atoms with Crippen LogP contribution in [-0.4, -0.2) is 23.8 Å². The van der Waals surface area contributed by atoms with E-state index in [2.05, 4.69) is 4.98 Å². The third kappa shape index (κ3) is 4.09. The number of rotatable bonds is 5. The first-order chi connectivity index (χ1) is 9.49. The molecule has 0 aliphatic carbocycles. The Morgan fingerprint density at radius 2 is 1.90 bits per heavy atom. The number of alkyl halides is 1. The molecule has 0 bridgehead atoms. The molecule has 1 aromatic heterocycles. The van der Waals surface area contributed by atoms with Crippen LogP contribution in [0.3, 0.4) is 0 Å². The predicted molar refractivity (Wildman–Crippen MR) is 82.5 cm³/mol. The number of nitrogens with zero attached hydrogens (tertiary/aromatic N) is 1. The van der Waals surface area contributed by atoms with Gasteiger partial charge in [-0.2, -0.15) is 0 Å². The van der Waals surface area contributed by atoms with Gasteiger partial charge in [0.05, 0.1) is 23.8 Å². The molecule has 0 fully saturated rings. The molecule has 2 aromatic rings. The Kier molecular flexibility index (Phi) is 4.84. The molecule has 3 nitrogen and oxygen atoms in total. The van der Waals surface area contributed by atoms with Crippen LogP contribution in [-0.2, 0) is 10.6 Å². The summed E-state index contributed by atoms with van der Waals surface area (Å²) in [4.78, 5) is 4.44. The standard InChI is InChI=1S/C16H20ClNO2/c1-16(2,3)20-9-8-19-15-14-7-5-4-6-12(14)10-13(11-17)18-15/h4-7,10H,8-9,11H2,1-3H3. The molecule has 4 heteroatoms. The minimum atomic E-state index is -0.156. The Balaban J connectivity index is 2.12. The maximum atomic E-state index is 5.88. The number of halogens is 1. The highest BCUT2D eigenvalue weighted by Gasteiger charge is 2.10. The first-order valence-corrected chi connectivity index (χ1v) is 7.24. The third-order valence-corrected chi connectivity index (χ3v) is 3.03. The number of benzene rings is 1. The lowest BCUT2D eigenvalue weighted by atomic mass is 10.1. The number of hydrogen-bond donors (Lipinski definition) is 0. The molecule has 0 unspecified atom stereocenters. The second-order valence-corrected chi connectivity index (χ2v) is 5.85. The van der Waals surface area contributed by atoms with Gasteiger partial charge in [0.25, 0.3) is 0 Å². The van der Waals surface area contributed by atoms with E-state index in [4.69, 9.17) is 21.1 Å². The Bertz CT molecular complexity index is 578.